The smallest absolute Gasteiger partial charge is 0.126 e. The van der Waals surface area contributed by atoms with Gasteiger partial charge in [0, 0.05) is 12.1 Å². The van der Waals surface area contributed by atoms with Gasteiger partial charge in [0.2, 0.25) is 0 Å². The van der Waals surface area contributed by atoms with Gasteiger partial charge in [0.15, 0.2) is 0 Å². The maximum atomic E-state index is 5.91. The molecule has 1 aromatic carbocycles. The number of ether oxygens (including phenoxy) is 2. The molecule has 0 aromatic heterocycles. The van der Waals surface area contributed by atoms with Crippen LogP contribution in [0.25, 0.3) is 0 Å². The number of methoxy groups -OCH3 is 2. The van der Waals surface area contributed by atoms with E-state index in [0.29, 0.717) is 11.8 Å². The van der Waals surface area contributed by atoms with Crippen molar-refractivity contribution in [2.75, 3.05) is 14.2 Å². The van der Waals surface area contributed by atoms with E-state index in [1.165, 1.54) is 12.0 Å². The molecule has 1 aromatic rings. The van der Waals surface area contributed by atoms with E-state index in [9.17, 15) is 0 Å². The molecule has 3 heteroatoms. The summed E-state index contributed by atoms with van der Waals surface area (Å²) < 4.78 is 10.6. The van der Waals surface area contributed by atoms with Crippen molar-refractivity contribution in [3.8, 4) is 11.5 Å². The van der Waals surface area contributed by atoms with Crippen molar-refractivity contribution in [1.82, 2.24) is 0 Å². The van der Waals surface area contributed by atoms with Gasteiger partial charge in [-0.15, -0.1) is 0 Å². The summed E-state index contributed by atoms with van der Waals surface area (Å²) in [5.74, 6) is 2.90. The Morgan fingerprint density at radius 3 is 2.56 bits per heavy atom. The van der Waals surface area contributed by atoms with Crippen molar-refractivity contribution in [1.29, 1.82) is 0 Å². The number of hydrogen-bond acceptors (Lipinski definition) is 3. The molecule has 0 spiro atoms. The predicted octanol–water partition coefficient (Wildman–Crippen LogP) is 2.15. The fourth-order valence-corrected chi connectivity index (χ4v) is 2.28. The molecule has 0 saturated heterocycles. The molecule has 88 valence electrons. The summed E-state index contributed by atoms with van der Waals surface area (Å²) in [4.78, 5) is 0. The Hall–Kier alpha value is -1.22. The number of hydrogen-bond donors (Lipinski definition) is 1. The molecule has 0 radical (unpaired) electrons. The third-order valence-electron chi connectivity index (χ3n) is 3.36. The lowest BCUT2D eigenvalue weighted by Crippen LogP contribution is -2.18. The Balaban J connectivity index is 2.22. The van der Waals surface area contributed by atoms with Crippen LogP contribution < -0.4 is 15.2 Å². The minimum absolute atomic E-state index is 0.261. The lowest BCUT2D eigenvalue weighted by molar-refractivity contribution is 0.390. The Labute approximate surface area is 96.5 Å². The number of benzene rings is 1. The van der Waals surface area contributed by atoms with Gasteiger partial charge in [-0.3, -0.25) is 0 Å². The summed E-state index contributed by atoms with van der Waals surface area (Å²) in [7, 11) is 3.36. The molecule has 2 N–H and O–H groups in total. The van der Waals surface area contributed by atoms with E-state index in [4.69, 9.17) is 15.2 Å². The van der Waals surface area contributed by atoms with Gasteiger partial charge in [-0.2, -0.15) is 0 Å². The summed E-state index contributed by atoms with van der Waals surface area (Å²) in [6.45, 7) is 2.07. The number of rotatable bonds is 4. The highest BCUT2D eigenvalue weighted by Crippen LogP contribution is 2.52. The van der Waals surface area contributed by atoms with Crippen LogP contribution in [0.5, 0.6) is 11.5 Å². The van der Waals surface area contributed by atoms with E-state index in [1.54, 1.807) is 14.2 Å². The van der Waals surface area contributed by atoms with Crippen molar-refractivity contribution in [3.05, 3.63) is 23.8 Å². The summed E-state index contributed by atoms with van der Waals surface area (Å²) in [6, 6.07) is 6.27. The van der Waals surface area contributed by atoms with Gasteiger partial charge in [-0.05, 0) is 36.8 Å². The molecule has 1 fully saturated rings. The summed E-state index contributed by atoms with van der Waals surface area (Å²) >= 11 is 0. The lowest BCUT2D eigenvalue weighted by atomic mass is 10.1. The second kappa shape index (κ2) is 4.34. The van der Waals surface area contributed by atoms with Crippen LogP contribution in [0.3, 0.4) is 0 Å². The van der Waals surface area contributed by atoms with E-state index in [-0.39, 0.29) is 6.04 Å². The predicted molar refractivity (Wildman–Crippen MR) is 64.0 cm³/mol. The second-order valence-corrected chi connectivity index (χ2v) is 4.47. The zero-order chi connectivity index (χ0) is 11.7. The monoisotopic (exact) mass is 221 g/mol. The standard InChI is InChI=1S/C13H19NO2/c1-8(14)11-7-12(11)10-5-4-9(15-2)6-13(10)16-3/h4-6,8,11-12H,7,14H2,1-3H3/t8-,11+,12-/m0/s1. The van der Waals surface area contributed by atoms with Crippen LogP contribution in [0.15, 0.2) is 18.2 Å². The third-order valence-corrected chi connectivity index (χ3v) is 3.36. The van der Waals surface area contributed by atoms with E-state index in [2.05, 4.69) is 13.0 Å². The lowest BCUT2D eigenvalue weighted by Gasteiger charge is -2.11. The minimum atomic E-state index is 0.261. The van der Waals surface area contributed by atoms with E-state index in [0.717, 1.165) is 11.5 Å². The molecule has 3 atom stereocenters. The van der Waals surface area contributed by atoms with E-state index in [1.807, 2.05) is 12.1 Å². The molecule has 0 aliphatic heterocycles. The molecule has 1 aliphatic rings. The van der Waals surface area contributed by atoms with Gasteiger partial charge in [-0.1, -0.05) is 6.07 Å². The SMILES string of the molecule is COc1ccc([C@@H]2C[C@@H]2[C@H](C)N)c(OC)c1. The average molecular weight is 221 g/mol. The molecule has 1 saturated carbocycles. The number of nitrogens with two attached hydrogens (primary N) is 1. The Morgan fingerprint density at radius 1 is 1.31 bits per heavy atom. The van der Waals surface area contributed by atoms with Gasteiger partial charge in [0.05, 0.1) is 14.2 Å². The molecule has 1 aliphatic carbocycles. The van der Waals surface area contributed by atoms with Crippen molar-refractivity contribution in [2.24, 2.45) is 11.7 Å². The highest BCUT2D eigenvalue weighted by molar-refractivity contribution is 5.45. The highest BCUT2D eigenvalue weighted by atomic mass is 16.5. The van der Waals surface area contributed by atoms with Crippen molar-refractivity contribution >= 4 is 0 Å². The largest absolute Gasteiger partial charge is 0.497 e. The third kappa shape index (κ3) is 2.00. The maximum Gasteiger partial charge on any atom is 0.126 e. The molecule has 3 nitrogen and oxygen atoms in total. The summed E-state index contributed by atoms with van der Waals surface area (Å²) in [5.41, 5.74) is 7.16. The van der Waals surface area contributed by atoms with Gasteiger partial charge >= 0.3 is 0 Å². The molecule has 16 heavy (non-hydrogen) atoms. The highest BCUT2D eigenvalue weighted by Gasteiger charge is 2.42. The van der Waals surface area contributed by atoms with Crippen LogP contribution in [0.4, 0.5) is 0 Å². The zero-order valence-electron chi connectivity index (χ0n) is 10.1. The fourth-order valence-electron chi connectivity index (χ4n) is 2.28. The zero-order valence-corrected chi connectivity index (χ0v) is 10.1. The fraction of sp³-hybridized carbons (Fsp3) is 0.538. The molecule has 0 bridgehead atoms. The Bertz CT molecular complexity index is 376. The average Bonchev–Trinajstić information content (AvgIpc) is 3.08. The van der Waals surface area contributed by atoms with Crippen LogP contribution in [0.2, 0.25) is 0 Å². The van der Waals surface area contributed by atoms with Crippen molar-refractivity contribution in [3.63, 3.8) is 0 Å². The molecule has 0 amide bonds. The van der Waals surface area contributed by atoms with Crippen LogP contribution in [-0.2, 0) is 0 Å². The van der Waals surface area contributed by atoms with Crippen molar-refractivity contribution in [2.45, 2.75) is 25.3 Å². The van der Waals surface area contributed by atoms with Crippen LogP contribution in [0, 0.1) is 5.92 Å². The topological polar surface area (TPSA) is 44.5 Å². The van der Waals surface area contributed by atoms with Gasteiger partial charge in [0.25, 0.3) is 0 Å². The molecule has 2 rings (SSSR count). The molecular weight excluding hydrogens is 202 g/mol. The molecule has 0 unspecified atom stereocenters. The first kappa shape index (κ1) is 11.3. The second-order valence-electron chi connectivity index (χ2n) is 4.47. The van der Waals surface area contributed by atoms with E-state index < -0.39 is 0 Å². The van der Waals surface area contributed by atoms with Gasteiger partial charge < -0.3 is 15.2 Å². The van der Waals surface area contributed by atoms with Crippen LogP contribution >= 0.6 is 0 Å². The van der Waals surface area contributed by atoms with Gasteiger partial charge in [0.1, 0.15) is 11.5 Å². The Kier molecular flexibility index (Phi) is 3.06. The summed E-state index contributed by atoms with van der Waals surface area (Å²) in [5, 5.41) is 0. The van der Waals surface area contributed by atoms with Gasteiger partial charge in [-0.25, -0.2) is 0 Å². The quantitative estimate of drug-likeness (QED) is 0.847. The normalized spacial score (nSPS) is 25.0. The molecule has 0 heterocycles. The summed E-state index contributed by atoms with van der Waals surface area (Å²) in [6.07, 6.45) is 1.17. The first-order valence-electron chi connectivity index (χ1n) is 5.65. The van der Waals surface area contributed by atoms with Crippen LogP contribution in [-0.4, -0.2) is 20.3 Å². The minimum Gasteiger partial charge on any atom is -0.497 e. The van der Waals surface area contributed by atoms with E-state index >= 15 is 0 Å². The van der Waals surface area contributed by atoms with Crippen LogP contribution in [0.1, 0.15) is 24.8 Å². The molecular formula is C13H19NO2. The van der Waals surface area contributed by atoms with Crippen molar-refractivity contribution < 1.29 is 9.47 Å². The first-order chi connectivity index (χ1) is 7.67. The first-order valence-corrected chi connectivity index (χ1v) is 5.65. The maximum absolute atomic E-state index is 5.91. The Morgan fingerprint density at radius 2 is 2.06 bits per heavy atom.